The van der Waals surface area contributed by atoms with Crippen LogP contribution in [0.3, 0.4) is 0 Å². The fourth-order valence-corrected chi connectivity index (χ4v) is 4.10. The topological polar surface area (TPSA) is 41.5 Å². The van der Waals surface area contributed by atoms with Crippen LogP contribution in [0.1, 0.15) is 32.3 Å². The number of nitrogens with one attached hydrogen (secondary N) is 1. The first kappa shape index (κ1) is 12.8. The van der Waals surface area contributed by atoms with Gasteiger partial charge in [0.25, 0.3) is 0 Å². The normalized spacial score (nSPS) is 29.3. The van der Waals surface area contributed by atoms with Crippen LogP contribution in [-0.2, 0) is 10.2 Å². The molecule has 3 nitrogen and oxygen atoms in total. The maximum atomic E-state index is 12.4. The molecule has 2 atom stereocenters. The second-order valence-corrected chi connectivity index (χ2v) is 6.77. The highest BCUT2D eigenvalue weighted by Crippen LogP contribution is 2.45. The standard InChI is InChI=1S/C18H20N2O/c1-18(2)12-6-3-4-7-13(12)20-17(18)11-10-19-14-8-5-9-15(21)16(11)14/h3-4,6-8,11,16,19H,5,9-10H2,1-2H3. The van der Waals surface area contributed by atoms with E-state index >= 15 is 0 Å². The average molecular weight is 280 g/mol. The number of aliphatic imine (C=N–C) groups is 1. The molecule has 0 spiro atoms. The summed E-state index contributed by atoms with van der Waals surface area (Å²) in [4.78, 5) is 17.3. The van der Waals surface area contributed by atoms with E-state index in [1.54, 1.807) is 0 Å². The Morgan fingerprint density at radius 1 is 1.29 bits per heavy atom. The molecule has 3 aliphatic rings. The molecule has 21 heavy (non-hydrogen) atoms. The lowest BCUT2D eigenvalue weighted by Gasteiger charge is -2.29. The minimum atomic E-state index is -0.0872. The Morgan fingerprint density at radius 3 is 2.90 bits per heavy atom. The van der Waals surface area contributed by atoms with Crippen molar-refractivity contribution in [2.75, 3.05) is 6.54 Å². The quantitative estimate of drug-likeness (QED) is 0.858. The number of ketones is 1. The first-order chi connectivity index (χ1) is 10.1. The molecule has 2 heterocycles. The van der Waals surface area contributed by atoms with E-state index in [9.17, 15) is 4.79 Å². The van der Waals surface area contributed by atoms with E-state index in [-0.39, 0.29) is 17.3 Å². The highest BCUT2D eigenvalue weighted by molar-refractivity contribution is 6.06. The fraction of sp³-hybridized carbons (Fsp3) is 0.444. The summed E-state index contributed by atoms with van der Waals surface area (Å²) in [6, 6.07) is 8.34. The van der Waals surface area contributed by atoms with Gasteiger partial charge in [-0.2, -0.15) is 0 Å². The minimum Gasteiger partial charge on any atom is -0.387 e. The lowest BCUT2D eigenvalue weighted by Crippen LogP contribution is -2.38. The fourth-order valence-electron chi connectivity index (χ4n) is 4.10. The van der Waals surface area contributed by atoms with Crippen molar-refractivity contribution >= 4 is 17.2 Å². The Morgan fingerprint density at radius 2 is 2.10 bits per heavy atom. The number of hydrogen-bond acceptors (Lipinski definition) is 3. The van der Waals surface area contributed by atoms with Gasteiger partial charge in [-0.3, -0.25) is 9.79 Å². The van der Waals surface area contributed by atoms with Crippen LogP contribution in [-0.4, -0.2) is 18.0 Å². The zero-order valence-electron chi connectivity index (χ0n) is 12.5. The number of carbonyl (C=O) groups excluding carboxylic acids is 1. The van der Waals surface area contributed by atoms with Gasteiger partial charge in [0.05, 0.1) is 11.6 Å². The molecule has 0 radical (unpaired) electrons. The molecule has 0 aromatic heterocycles. The van der Waals surface area contributed by atoms with Crippen LogP contribution in [0.25, 0.3) is 0 Å². The van der Waals surface area contributed by atoms with Gasteiger partial charge >= 0.3 is 0 Å². The van der Waals surface area contributed by atoms with Crippen LogP contribution >= 0.6 is 0 Å². The first-order valence-corrected chi connectivity index (χ1v) is 7.74. The number of benzene rings is 1. The van der Waals surface area contributed by atoms with Gasteiger partial charge in [0, 0.05) is 35.7 Å². The SMILES string of the molecule is CC1(C)C(C2CNC3=CCCC(=O)C32)=Nc2ccccc21. The summed E-state index contributed by atoms with van der Waals surface area (Å²) in [7, 11) is 0. The Hall–Kier alpha value is -1.90. The van der Waals surface area contributed by atoms with Crippen molar-refractivity contribution in [3.63, 3.8) is 0 Å². The van der Waals surface area contributed by atoms with Crippen LogP contribution in [0, 0.1) is 11.8 Å². The maximum absolute atomic E-state index is 12.4. The van der Waals surface area contributed by atoms with Gasteiger partial charge in [0.15, 0.2) is 0 Å². The van der Waals surface area contributed by atoms with Crippen LogP contribution in [0.5, 0.6) is 0 Å². The molecule has 108 valence electrons. The number of fused-ring (bicyclic) bond motifs is 2. The van der Waals surface area contributed by atoms with Crippen molar-refractivity contribution in [2.24, 2.45) is 16.8 Å². The number of hydrogen-bond donors (Lipinski definition) is 1. The summed E-state index contributed by atoms with van der Waals surface area (Å²) in [5.74, 6) is 0.578. The summed E-state index contributed by atoms with van der Waals surface area (Å²) < 4.78 is 0. The van der Waals surface area contributed by atoms with Gasteiger partial charge in [0.2, 0.25) is 0 Å². The molecule has 1 aromatic carbocycles. The molecular formula is C18H20N2O. The van der Waals surface area contributed by atoms with Crippen LogP contribution in [0.4, 0.5) is 5.69 Å². The monoisotopic (exact) mass is 280 g/mol. The number of allylic oxidation sites excluding steroid dienone is 2. The molecule has 2 unspecified atom stereocenters. The number of Topliss-reactive ketones (excluding diaryl/α,β-unsaturated/α-hetero) is 1. The number of carbonyl (C=O) groups is 1. The van der Waals surface area contributed by atoms with Crippen molar-refractivity contribution in [2.45, 2.75) is 32.1 Å². The van der Waals surface area contributed by atoms with E-state index in [1.165, 1.54) is 11.3 Å². The highest BCUT2D eigenvalue weighted by Gasteiger charge is 2.47. The predicted molar refractivity (Wildman–Crippen MR) is 83.9 cm³/mol. The molecule has 3 heteroatoms. The zero-order chi connectivity index (χ0) is 14.6. The second-order valence-electron chi connectivity index (χ2n) is 6.77. The van der Waals surface area contributed by atoms with Crippen molar-refractivity contribution < 1.29 is 4.79 Å². The van der Waals surface area contributed by atoms with Crippen LogP contribution < -0.4 is 5.32 Å². The molecule has 1 aromatic rings. The van der Waals surface area contributed by atoms with E-state index in [2.05, 4.69) is 43.4 Å². The molecular weight excluding hydrogens is 260 g/mol. The minimum absolute atomic E-state index is 0.00564. The van der Waals surface area contributed by atoms with Gasteiger partial charge in [0.1, 0.15) is 5.78 Å². The predicted octanol–water partition coefficient (Wildman–Crippen LogP) is 3.13. The van der Waals surface area contributed by atoms with Crippen molar-refractivity contribution in [3.05, 3.63) is 41.6 Å². The van der Waals surface area contributed by atoms with Gasteiger partial charge in [-0.15, -0.1) is 0 Å². The van der Waals surface area contributed by atoms with E-state index in [1.807, 2.05) is 6.07 Å². The van der Waals surface area contributed by atoms with Crippen LogP contribution in [0.15, 0.2) is 41.0 Å². The Kier molecular flexibility index (Phi) is 2.62. The Balaban J connectivity index is 1.77. The Labute approximate surface area is 125 Å². The lowest BCUT2D eigenvalue weighted by molar-refractivity contribution is -0.122. The van der Waals surface area contributed by atoms with E-state index in [4.69, 9.17) is 4.99 Å². The molecule has 0 saturated carbocycles. The number of nitrogens with zero attached hydrogens (tertiary/aromatic N) is 1. The average Bonchev–Trinajstić information content (AvgIpc) is 3.00. The molecule has 1 aliphatic carbocycles. The highest BCUT2D eigenvalue weighted by atomic mass is 16.1. The third-order valence-electron chi connectivity index (χ3n) is 5.18. The van der Waals surface area contributed by atoms with E-state index in [0.717, 1.165) is 24.4 Å². The molecule has 1 saturated heterocycles. The largest absolute Gasteiger partial charge is 0.387 e. The third kappa shape index (κ3) is 1.73. The molecule has 1 N–H and O–H groups in total. The Bertz CT molecular complexity index is 684. The summed E-state index contributed by atoms with van der Waals surface area (Å²) in [5, 5.41) is 3.44. The van der Waals surface area contributed by atoms with Crippen molar-refractivity contribution in [1.29, 1.82) is 0 Å². The van der Waals surface area contributed by atoms with Gasteiger partial charge in [-0.1, -0.05) is 38.1 Å². The summed E-state index contributed by atoms with van der Waals surface area (Å²) in [6.07, 6.45) is 3.75. The summed E-state index contributed by atoms with van der Waals surface area (Å²) in [6.45, 7) is 5.29. The van der Waals surface area contributed by atoms with Gasteiger partial charge < -0.3 is 5.32 Å². The third-order valence-corrected chi connectivity index (χ3v) is 5.18. The number of rotatable bonds is 1. The van der Waals surface area contributed by atoms with Crippen molar-refractivity contribution in [3.8, 4) is 0 Å². The van der Waals surface area contributed by atoms with E-state index in [0.29, 0.717) is 12.2 Å². The molecule has 0 bridgehead atoms. The lowest BCUT2D eigenvalue weighted by atomic mass is 9.71. The summed E-state index contributed by atoms with van der Waals surface area (Å²) >= 11 is 0. The van der Waals surface area contributed by atoms with Crippen LogP contribution in [0.2, 0.25) is 0 Å². The van der Waals surface area contributed by atoms with E-state index < -0.39 is 0 Å². The first-order valence-electron chi connectivity index (χ1n) is 7.74. The molecule has 2 aliphatic heterocycles. The van der Waals surface area contributed by atoms with Gasteiger partial charge in [-0.25, -0.2) is 0 Å². The second kappa shape index (κ2) is 4.30. The smallest absolute Gasteiger partial charge is 0.142 e. The van der Waals surface area contributed by atoms with Crippen molar-refractivity contribution in [1.82, 2.24) is 5.32 Å². The number of para-hydroxylation sites is 1. The molecule has 4 rings (SSSR count). The zero-order valence-corrected chi connectivity index (χ0v) is 12.5. The maximum Gasteiger partial charge on any atom is 0.142 e. The summed E-state index contributed by atoms with van der Waals surface area (Å²) in [5.41, 5.74) is 4.56. The molecule has 0 amide bonds. The molecule has 1 fully saturated rings. The van der Waals surface area contributed by atoms with Gasteiger partial charge in [-0.05, 0) is 18.1 Å².